The first-order valence-corrected chi connectivity index (χ1v) is 9.69. The minimum Gasteiger partial charge on any atom is -0.258 e. The van der Waals surface area contributed by atoms with Gasteiger partial charge in [-0.2, -0.15) is 0 Å². The predicted molar refractivity (Wildman–Crippen MR) is 95.2 cm³/mol. The van der Waals surface area contributed by atoms with Crippen LogP contribution in [0.2, 0.25) is 5.02 Å². The average molecular weight is 365 g/mol. The van der Waals surface area contributed by atoms with Crippen LogP contribution >= 0.6 is 22.9 Å². The highest BCUT2D eigenvalue weighted by Gasteiger charge is 2.14. The van der Waals surface area contributed by atoms with Crippen molar-refractivity contribution in [1.82, 2.24) is 4.98 Å². The van der Waals surface area contributed by atoms with Crippen molar-refractivity contribution in [1.29, 1.82) is 0 Å². The molecule has 0 amide bonds. The lowest BCUT2D eigenvalue weighted by molar-refractivity contribution is 0.600. The first kappa shape index (κ1) is 16.0. The summed E-state index contributed by atoms with van der Waals surface area (Å²) in [5, 5.41) is 2.81. The van der Waals surface area contributed by atoms with Crippen LogP contribution in [0.4, 0.5) is 5.13 Å². The van der Waals surface area contributed by atoms with Crippen molar-refractivity contribution in [3.8, 4) is 11.3 Å². The van der Waals surface area contributed by atoms with E-state index in [2.05, 4.69) is 9.71 Å². The van der Waals surface area contributed by atoms with E-state index in [4.69, 9.17) is 11.6 Å². The fraction of sp³-hybridized carbons (Fsp3) is 0.0625. The number of nitrogens with one attached hydrogen (secondary N) is 1. The van der Waals surface area contributed by atoms with Crippen LogP contribution in [-0.2, 0) is 15.8 Å². The number of rotatable bonds is 5. The Bertz CT molecular complexity index is 891. The van der Waals surface area contributed by atoms with Crippen molar-refractivity contribution < 1.29 is 8.42 Å². The summed E-state index contributed by atoms with van der Waals surface area (Å²) in [4.78, 5) is 4.32. The minimum absolute atomic E-state index is 0.0797. The molecule has 3 rings (SSSR count). The lowest BCUT2D eigenvalue weighted by atomic mass is 10.2. The first-order chi connectivity index (χ1) is 11.0. The molecule has 1 N–H and O–H groups in total. The SMILES string of the molecule is O=S(=O)(Cc1ccccc1)Nc1nc(-c2ccc(Cl)cc2)cs1. The van der Waals surface area contributed by atoms with Gasteiger partial charge in [-0.05, 0) is 17.7 Å². The quantitative estimate of drug-likeness (QED) is 0.729. The van der Waals surface area contributed by atoms with Crippen molar-refractivity contribution in [3.05, 3.63) is 70.6 Å². The number of benzene rings is 2. The second-order valence-corrected chi connectivity index (χ2v) is 7.91. The van der Waals surface area contributed by atoms with Crippen LogP contribution in [0, 0.1) is 0 Å². The number of thiazole rings is 1. The molecular weight excluding hydrogens is 352 g/mol. The van der Waals surface area contributed by atoms with Crippen LogP contribution in [0.1, 0.15) is 5.56 Å². The van der Waals surface area contributed by atoms with Crippen LogP contribution in [0.5, 0.6) is 0 Å². The highest BCUT2D eigenvalue weighted by Crippen LogP contribution is 2.26. The van der Waals surface area contributed by atoms with Gasteiger partial charge >= 0.3 is 0 Å². The van der Waals surface area contributed by atoms with Gasteiger partial charge in [0.05, 0.1) is 11.4 Å². The lowest BCUT2D eigenvalue weighted by Gasteiger charge is -2.05. The number of sulfonamides is 1. The van der Waals surface area contributed by atoms with Gasteiger partial charge < -0.3 is 0 Å². The van der Waals surface area contributed by atoms with Gasteiger partial charge in [-0.1, -0.05) is 54.1 Å². The molecule has 0 radical (unpaired) electrons. The first-order valence-electron chi connectivity index (χ1n) is 6.78. The summed E-state index contributed by atoms with van der Waals surface area (Å²) in [6.07, 6.45) is 0. The van der Waals surface area contributed by atoms with E-state index in [-0.39, 0.29) is 5.75 Å². The summed E-state index contributed by atoms with van der Waals surface area (Å²) in [6, 6.07) is 16.3. The number of hydrogen-bond donors (Lipinski definition) is 1. The Labute approximate surface area is 143 Å². The molecule has 1 heterocycles. The van der Waals surface area contributed by atoms with Gasteiger partial charge in [-0.3, -0.25) is 4.72 Å². The van der Waals surface area contributed by atoms with E-state index in [9.17, 15) is 8.42 Å². The maximum absolute atomic E-state index is 12.2. The Hall–Kier alpha value is -1.89. The number of halogens is 1. The molecule has 4 nitrogen and oxygen atoms in total. The van der Waals surface area contributed by atoms with Gasteiger partial charge in [0.25, 0.3) is 0 Å². The van der Waals surface area contributed by atoms with Crippen molar-refractivity contribution in [3.63, 3.8) is 0 Å². The van der Waals surface area contributed by atoms with Gasteiger partial charge in [0.2, 0.25) is 10.0 Å². The molecule has 0 aliphatic carbocycles. The smallest absolute Gasteiger partial charge is 0.238 e. The maximum atomic E-state index is 12.2. The monoisotopic (exact) mass is 364 g/mol. The molecule has 0 unspecified atom stereocenters. The van der Waals surface area contributed by atoms with E-state index in [1.807, 2.05) is 35.7 Å². The molecule has 1 aromatic heterocycles. The van der Waals surface area contributed by atoms with Crippen molar-refractivity contribution in [2.24, 2.45) is 0 Å². The summed E-state index contributed by atoms with van der Waals surface area (Å²) in [7, 11) is -3.49. The van der Waals surface area contributed by atoms with Crippen LogP contribution in [0.3, 0.4) is 0 Å². The third-order valence-corrected chi connectivity index (χ3v) is 5.44. The second kappa shape index (κ2) is 6.70. The summed E-state index contributed by atoms with van der Waals surface area (Å²) >= 11 is 7.11. The predicted octanol–water partition coefficient (Wildman–Crippen LogP) is 4.41. The zero-order valence-corrected chi connectivity index (χ0v) is 14.3. The molecule has 0 aliphatic heterocycles. The highest BCUT2D eigenvalue weighted by atomic mass is 35.5. The van der Waals surface area contributed by atoms with Gasteiger partial charge in [-0.15, -0.1) is 11.3 Å². The minimum atomic E-state index is -3.49. The Kier molecular flexibility index (Phi) is 4.66. The molecule has 0 saturated carbocycles. The van der Waals surface area contributed by atoms with Gasteiger partial charge in [0.15, 0.2) is 5.13 Å². The molecule has 7 heteroatoms. The molecule has 0 atom stereocenters. The fourth-order valence-corrected chi connectivity index (χ4v) is 4.31. The molecule has 0 saturated heterocycles. The Morgan fingerprint density at radius 2 is 1.74 bits per heavy atom. The highest BCUT2D eigenvalue weighted by molar-refractivity contribution is 7.92. The molecular formula is C16H13ClN2O2S2. The number of hydrogen-bond acceptors (Lipinski definition) is 4. The van der Waals surface area contributed by atoms with E-state index in [0.717, 1.165) is 11.1 Å². The van der Waals surface area contributed by atoms with Gasteiger partial charge in [0, 0.05) is 16.0 Å². The van der Waals surface area contributed by atoms with E-state index < -0.39 is 10.0 Å². The lowest BCUT2D eigenvalue weighted by Crippen LogP contribution is -2.14. The third-order valence-electron chi connectivity index (χ3n) is 3.09. The Balaban J connectivity index is 1.74. The van der Waals surface area contributed by atoms with Crippen molar-refractivity contribution in [2.75, 3.05) is 4.72 Å². The number of nitrogens with zero attached hydrogens (tertiary/aromatic N) is 1. The van der Waals surface area contributed by atoms with Crippen LogP contribution in [0.15, 0.2) is 60.0 Å². The normalized spacial score (nSPS) is 11.3. The summed E-state index contributed by atoms with van der Waals surface area (Å²) in [5.74, 6) is -0.0797. The van der Waals surface area contributed by atoms with Crippen molar-refractivity contribution >= 4 is 38.1 Å². The average Bonchev–Trinajstić information content (AvgIpc) is 2.96. The largest absolute Gasteiger partial charge is 0.258 e. The summed E-state index contributed by atoms with van der Waals surface area (Å²) < 4.78 is 26.9. The molecule has 0 fully saturated rings. The number of aromatic nitrogens is 1. The Morgan fingerprint density at radius 3 is 2.43 bits per heavy atom. The molecule has 23 heavy (non-hydrogen) atoms. The molecule has 3 aromatic rings. The summed E-state index contributed by atoms with van der Waals surface area (Å²) in [6.45, 7) is 0. The van der Waals surface area contributed by atoms with Gasteiger partial charge in [-0.25, -0.2) is 13.4 Å². The zero-order valence-electron chi connectivity index (χ0n) is 11.9. The second-order valence-electron chi connectivity index (χ2n) is 4.89. The van der Waals surface area contributed by atoms with Crippen LogP contribution < -0.4 is 4.72 Å². The van der Waals surface area contributed by atoms with Crippen molar-refractivity contribution in [2.45, 2.75) is 5.75 Å². The van der Waals surface area contributed by atoms with Gasteiger partial charge in [0.1, 0.15) is 0 Å². The van der Waals surface area contributed by atoms with Crippen LogP contribution in [-0.4, -0.2) is 13.4 Å². The number of anilines is 1. The van der Waals surface area contributed by atoms with E-state index in [1.54, 1.807) is 24.3 Å². The van der Waals surface area contributed by atoms with Crippen LogP contribution in [0.25, 0.3) is 11.3 Å². The Morgan fingerprint density at radius 1 is 1.04 bits per heavy atom. The van der Waals surface area contributed by atoms with E-state index in [0.29, 0.717) is 15.8 Å². The zero-order chi connectivity index (χ0) is 16.3. The fourth-order valence-electron chi connectivity index (χ4n) is 2.04. The maximum Gasteiger partial charge on any atom is 0.238 e. The van der Waals surface area contributed by atoms with E-state index in [1.165, 1.54) is 11.3 Å². The standard InChI is InChI=1S/C16H13ClN2O2S2/c17-14-8-6-13(7-9-14)15-10-22-16(18-15)19-23(20,21)11-12-4-2-1-3-5-12/h1-10H,11H2,(H,18,19). The molecule has 2 aromatic carbocycles. The topological polar surface area (TPSA) is 59.1 Å². The molecule has 118 valence electrons. The molecule has 0 aliphatic rings. The summed E-state index contributed by atoms with van der Waals surface area (Å²) in [5.41, 5.74) is 2.33. The molecule has 0 bridgehead atoms. The van der Waals surface area contributed by atoms with E-state index >= 15 is 0 Å². The molecule has 0 spiro atoms. The third kappa shape index (κ3) is 4.31.